The van der Waals surface area contributed by atoms with E-state index < -0.39 is 18.9 Å². The average Bonchev–Trinajstić information content (AvgIpc) is 1.84. The van der Waals surface area contributed by atoms with Gasteiger partial charge in [-0.2, -0.15) is 13.2 Å². The predicted molar refractivity (Wildman–Crippen MR) is 38.6 cm³/mol. The molecule has 0 aliphatic carbocycles. The molecule has 2 N–H and O–H groups in total. The molecule has 3 nitrogen and oxygen atoms in total. The number of alkyl halides is 3. The Morgan fingerprint density at radius 2 is 2.00 bits per heavy atom. The van der Waals surface area contributed by atoms with E-state index in [-0.39, 0.29) is 6.54 Å². The first-order chi connectivity index (χ1) is 5.37. The lowest BCUT2D eigenvalue weighted by Gasteiger charge is -2.23. The van der Waals surface area contributed by atoms with Crippen molar-refractivity contribution in [2.45, 2.75) is 12.4 Å². The molecular weight excluding hydrogens is 173 g/mol. The van der Waals surface area contributed by atoms with Gasteiger partial charge in [-0.15, -0.1) is 0 Å². The van der Waals surface area contributed by atoms with E-state index >= 15 is 0 Å². The summed E-state index contributed by atoms with van der Waals surface area (Å²) < 4.78 is 35.2. The minimum atomic E-state index is -4.26. The number of nitrogens with zero attached hydrogens (tertiary/aromatic N) is 1. The van der Waals surface area contributed by atoms with E-state index in [0.717, 1.165) is 4.90 Å². The minimum Gasteiger partial charge on any atom is -0.377 e. The molecule has 0 aromatic carbocycles. The van der Waals surface area contributed by atoms with Crippen LogP contribution in [0.3, 0.4) is 0 Å². The van der Waals surface area contributed by atoms with E-state index in [4.69, 9.17) is 5.11 Å². The highest BCUT2D eigenvalue weighted by atomic mass is 19.4. The normalized spacial score (nSPS) is 15.2. The molecule has 0 aromatic heterocycles. The Labute approximate surface area is 69.2 Å². The van der Waals surface area contributed by atoms with E-state index in [0.29, 0.717) is 0 Å². The van der Waals surface area contributed by atoms with Crippen molar-refractivity contribution >= 4 is 0 Å². The number of nitrogens with one attached hydrogen (secondary N) is 1. The molecule has 0 saturated carbocycles. The highest BCUT2D eigenvalue weighted by Gasteiger charge is 2.31. The summed E-state index contributed by atoms with van der Waals surface area (Å²) in [6, 6.07) is 0. The highest BCUT2D eigenvalue weighted by Crippen LogP contribution is 2.16. The van der Waals surface area contributed by atoms with Gasteiger partial charge in [0.25, 0.3) is 0 Å². The number of hydrogen-bond donors (Lipinski definition) is 2. The van der Waals surface area contributed by atoms with Crippen LogP contribution >= 0.6 is 0 Å². The molecule has 0 heterocycles. The van der Waals surface area contributed by atoms with Crippen LogP contribution in [0.25, 0.3) is 0 Å². The maximum absolute atomic E-state index is 11.7. The van der Waals surface area contributed by atoms with Gasteiger partial charge in [-0.25, -0.2) is 0 Å². The van der Waals surface area contributed by atoms with E-state index in [1.54, 1.807) is 7.05 Å². The van der Waals surface area contributed by atoms with E-state index in [2.05, 4.69) is 5.32 Å². The van der Waals surface area contributed by atoms with Crippen LogP contribution in [-0.4, -0.2) is 49.6 Å². The molecule has 1 unspecified atom stereocenters. The zero-order chi connectivity index (χ0) is 9.78. The van der Waals surface area contributed by atoms with Gasteiger partial charge in [-0.1, -0.05) is 0 Å². The first kappa shape index (κ1) is 11.7. The number of aliphatic hydroxyl groups is 1. The van der Waals surface area contributed by atoms with Crippen LogP contribution in [0, 0.1) is 0 Å². The zero-order valence-electron chi connectivity index (χ0n) is 7.02. The van der Waals surface area contributed by atoms with Crippen LogP contribution in [0.15, 0.2) is 0 Å². The maximum Gasteiger partial charge on any atom is 0.401 e. The summed E-state index contributed by atoms with van der Waals surface area (Å²) in [6.07, 6.45) is -5.36. The third-order valence-electron chi connectivity index (χ3n) is 1.32. The van der Waals surface area contributed by atoms with Gasteiger partial charge in [0.15, 0.2) is 0 Å². The molecule has 0 bridgehead atoms. The minimum absolute atomic E-state index is 0.118. The summed E-state index contributed by atoms with van der Waals surface area (Å²) in [6.45, 7) is -0.984. The maximum atomic E-state index is 11.7. The molecule has 0 saturated heterocycles. The van der Waals surface area contributed by atoms with Crippen molar-refractivity contribution in [2.75, 3.05) is 27.2 Å². The van der Waals surface area contributed by atoms with Crippen molar-refractivity contribution in [3.63, 3.8) is 0 Å². The molecule has 0 aliphatic rings. The van der Waals surface area contributed by atoms with Crippen LogP contribution < -0.4 is 5.32 Å². The van der Waals surface area contributed by atoms with Gasteiger partial charge in [0.1, 0.15) is 6.23 Å². The lowest BCUT2D eigenvalue weighted by atomic mass is 10.4. The van der Waals surface area contributed by atoms with Gasteiger partial charge in [0.2, 0.25) is 0 Å². The highest BCUT2D eigenvalue weighted by molar-refractivity contribution is 4.63. The molecule has 1 atom stereocenters. The Bertz CT molecular complexity index is 128. The summed E-state index contributed by atoms with van der Waals surface area (Å²) in [5.41, 5.74) is 0. The largest absolute Gasteiger partial charge is 0.401 e. The van der Waals surface area contributed by atoms with Crippen LogP contribution in [0.4, 0.5) is 13.2 Å². The molecule has 0 radical (unpaired) electrons. The Morgan fingerprint density at radius 1 is 1.50 bits per heavy atom. The fraction of sp³-hybridized carbons (Fsp3) is 1.00. The number of aliphatic hydroxyl groups excluding tert-OH is 1. The monoisotopic (exact) mass is 186 g/mol. The van der Waals surface area contributed by atoms with Crippen LogP contribution in [0.2, 0.25) is 0 Å². The summed E-state index contributed by atoms with van der Waals surface area (Å²) in [5, 5.41) is 11.6. The second-order valence-corrected chi connectivity index (χ2v) is 2.57. The molecule has 6 heteroatoms. The number of rotatable bonds is 4. The quantitative estimate of drug-likeness (QED) is 0.607. The van der Waals surface area contributed by atoms with E-state index in [1.165, 1.54) is 7.05 Å². The average molecular weight is 186 g/mol. The SMILES string of the molecule is CNCC(O)N(C)CC(F)(F)F. The second kappa shape index (κ2) is 4.64. The second-order valence-electron chi connectivity index (χ2n) is 2.57. The van der Waals surface area contributed by atoms with Crippen molar-refractivity contribution < 1.29 is 18.3 Å². The number of halogens is 3. The van der Waals surface area contributed by atoms with Crippen molar-refractivity contribution in [1.29, 1.82) is 0 Å². The van der Waals surface area contributed by atoms with Gasteiger partial charge >= 0.3 is 6.18 Å². The Kier molecular flexibility index (Phi) is 4.51. The molecule has 0 fully saturated rings. The molecule has 12 heavy (non-hydrogen) atoms. The number of hydrogen-bond acceptors (Lipinski definition) is 3. The first-order valence-corrected chi connectivity index (χ1v) is 3.46. The summed E-state index contributed by atoms with van der Waals surface area (Å²) in [4.78, 5) is 0.830. The standard InChI is InChI=1S/C6H13F3N2O/c1-10-3-5(12)11(2)4-6(7,8)9/h5,10,12H,3-4H2,1-2H3. The van der Waals surface area contributed by atoms with Crippen molar-refractivity contribution in [3.05, 3.63) is 0 Å². The van der Waals surface area contributed by atoms with Crippen molar-refractivity contribution in [2.24, 2.45) is 0 Å². The third kappa shape index (κ3) is 5.34. The topological polar surface area (TPSA) is 35.5 Å². The van der Waals surface area contributed by atoms with Crippen LogP contribution in [0.1, 0.15) is 0 Å². The van der Waals surface area contributed by atoms with E-state index in [9.17, 15) is 13.2 Å². The summed E-state index contributed by atoms with van der Waals surface area (Å²) in [5.74, 6) is 0. The lowest BCUT2D eigenvalue weighted by Crippen LogP contribution is -2.43. The first-order valence-electron chi connectivity index (χ1n) is 3.46. The third-order valence-corrected chi connectivity index (χ3v) is 1.32. The summed E-state index contributed by atoms with van der Waals surface area (Å²) >= 11 is 0. The van der Waals surface area contributed by atoms with E-state index in [1.807, 2.05) is 0 Å². The van der Waals surface area contributed by atoms with Crippen molar-refractivity contribution in [1.82, 2.24) is 10.2 Å². The van der Waals surface area contributed by atoms with Crippen LogP contribution in [0.5, 0.6) is 0 Å². The van der Waals surface area contributed by atoms with Crippen LogP contribution in [-0.2, 0) is 0 Å². The fourth-order valence-electron chi connectivity index (χ4n) is 0.727. The molecule has 74 valence electrons. The molecule has 0 aliphatic heterocycles. The Morgan fingerprint density at radius 3 is 2.33 bits per heavy atom. The van der Waals surface area contributed by atoms with Gasteiger partial charge in [-0.3, -0.25) is 4.90 Å². The van der Waals surface area contributed by atoms with Gasteiger partial charge in [-0.05, 0) is 14.1 Å². The lowest BCUT2D eigenvalue weighted by molar-refractivity contribution is -0.160. The fourth-order valence-corrected chi connectivity index (χ4v) is 0.727. The number of likely N-dealkylation sites (N-methyl/N-ethyl adjacent to an activating group) is 2. The smallest absolute Gasteiger partial charge is 0.377 e. The molecule has 0 spiro atoms. The summed E-state index contributed by atoms with van der Waals surface area (Å²) in [7, 11) is 2.78. The van der Waals surface area contributed by atoms with Crippen molar-refractivity contribution in [3.8, 4) is 0 Å². The molecule has 0 aromatic rings. The van der Waals surface area contributed by atoms with Gasteiger partial charge in [0.05, 0.1) is 6.54 Å². The molecule has 0 rings (SSSR count). The van der Waals surface area contributed by atoms with Gasteiger partial charge < -0.3 is 10.4 Å². The van der Waals surface area contributed by atoms with Gasteiger partial charge in [0, 0.05) is 6.54 Å². The molecular formula is C6H13F3N2O. The predicted octanol–water partition coefficient (Wildman–Crippen LogP) is 0.0183. The zero-order valence-corrected chi connectivity index (χ0v) is 7.02. The Hall–Kier alpha value is -0.330. The molecule has 0 amide bonds. The Balaban J connectivity index is 3.78.